The Labute approximate surface area is 128 Å². The molecular formula is C16H25N3Se. The number of benzene rings is 1. The van der Waals surface area contributed by atoms with E-state index in [-0.39, 0.29) is 5.54 Å². The SMILES string of the molecule is CCC[Se]C(N)=Nc1cccc(C2(N)CCCCC2)c1. The van der Waals surface area contributed by atoms with Crippen molar-refractivity contribution in [2.24, 2.45) is 16.5 Å². The molecule has 1 aromatic rings. The van der Waals surface area contributed by atoms with Crippen LogP contribution in [-0.4, -0.2) is 19.7 Å². The molecule has 3 nitrogen and oxygen atoms in total. The van der Waals surface area contributed by atoms with Crippen LogP contribution in [0.5, 0.6) is 0 Å². The van der Waals surface area contributed by atoms with E-state index in [0.717, 1.165) is 28.6 Å². The van der Waals surface area contributed by atoms with E-state index in [9.17, 15) is 0 Å². The average Bonchev–Trinajstić information content (AvgIpc) is 2.46. The standard InChI is InChI=1S/C16H25N3Se/c1-2-11-20-15(17)19-14-8-6-7-13(12-14)16(18)9-4-3-5-10-16/h6-8,12H,2-5,9-11,18H2,1H3,(H2,17,19). The fourth-order valence-electron chi connectivity index (χ4n) is 2.72. The molecular weight excluding hydrogens is 313 g/mol. The van der Waals surface area contributed by atoms with Crippen LogP contribution < -0.4 is 11.5 Å². The summed E-state index contributed by atoms with van der Waals surface area (Å²) in [6, 6.07) is 8.33. The summed E-state index contributed by atoms with van der Waals surface area (Å²) in [5.74, 6) is 0. The van der Waals surface area contributed by atoms with Gasteiger partial charge in [0.15, 0.2) is 0 Å². The Morgan fingerprint density at radius 2 is 2.05 bits per heavy atom. The third-order valence-corrected chi connectivity index (χ3v) is 5.96. The number of aliphatic imine (C=N–C) groups is 1. The first kappa shape index (κ1) is 15.6. The van der Waals surface area contributed by atoms with E-state index in [1.165, 1.54) is 31.2 Å². The molecule has 1 aromatic carbocycles. The minimum absolute atomic E-state index is 0.160. The maximum absolute atomic E-state index is 6.58. The third kappa shape index (κ3) is 4.08. The predicted octanol–water partition coefficient (Wildman–Crippen LogP) is 3.28. The Morgan fingerprint density at radius 1 is 1.30 bits per heavy atom. The van der Waals surface area contributed by atoms with E-state index in [4.69, 9.17) is 11.5 Å². The van der Waals surface area contributed by atoms with Crippen molar-refractivity contribution in [1.82, 2.24) is 0 Å². The molecule has 20 heavy (non-hydrogen) atoms. The van der Waals surface area contributed by atoms with E-state index in [0.29, 0.717) is 15.0 Å². The molecule has 0 aliphatic heterocycles. The quantitative estimate of drug-likeness (QED) is 0.492. The van der Waals surface area contributed by atoms with Crippen molar-refractivity contribution >= 4 is 25.4 Å². The fourth-order valence-corrected chi connectivity index (χ4v) is 3.95. The van der Waals surface area contributed by atoms with Gasteiger partial charge in [0.1, 0.15) is 0 Å². The van der Waals surface area contributed by atoms with Gasteiger partial charge in [-0.3, -0.25) is 0 Å². The van der Waals surface area contributed by atoms with Gasteiger partial charge >= 0.3 is 128 Å². The van der Waals surface area contributed by atoms with E-state index < -0.39 is 0 Å². The van der Waals surface area contributed by atoms with Crippen LogP contribution in [0.4, 0.5) is 5.69 Å². The Kier molecular flexibility index (Phi) is 5.64. The number of rotatable bonds is 5. The second-order valence-electron chi connectivity index (χ2n) is 5.57. The molecule has 0 amide bonds. The Hall–Kier alpha value is -0.831. The monoisotopic (exact) mass is 339 g/mol. The first-order valence-corrected chi connectivity index (χ1v) is 9.57. The van der Waals surface area contributed by atoms with Crippen LogP contribution in [0.25, 0.3) is 0 Å². The fraction of sp³-hybridized carbons (Fsp3) is 0.562. The second-order valence-corrected chi connectivity index (χ2v) is 7.91. The molecule has 1 aliphatic carbocycles. The predicted molar refractivity (Wildman–Crippen MR) is 87.5 cm³/mol. The summed E-state index contributed by atoms with van der Waals surface area (Å²) in [7, 11) is 0. The van der Waals surface area contributed by atoms with Gasteiger partial charge < -0.3 is 0 Å². The summed E-state index contributed by atoms with van der Waals surface area (Å²) in [5.41, 5.74) is 14.6. The van der Waals surface area contributed by atoms with E-state index in [1.54, 1.807) is 0 Å². The Balaban J connectivity index is 2.15. The van der Waals surface area contributed by atoms with Crippen molar-refractivity contribution in [2.45, 2.75) is 56.3 Å². The summed E-state index contributed by atoms with van der Waals surface area (Å²) in [6.07, 6.45) is 7.09. The van der Waals surface area contributed by atoms with E-state index >= 15 is 0 Å². The topological polar surface area (TPSA) is 64.4 Å². The molecule has 0 heterocycles. The van der Waals surface area contributed by atoms with Crippen molar-refractivity contribution < 1.29 is 0 Å². The number of hydrogen-bond donors (Lipinski definition) is 2. The molecule has 1 saturated carbocycles. The van der Waals surface area contributed by atoms with Crippen LogP contribution in [0.1, 0.15) is 51.0 Å². The molecule has 4 N–H and O–H groups in total. The van der Waals surface area contributed by atoms with Crippen molar-refractivity contribution in [3.63, 3.8) is 0 Å². The zero-order chi connectivity index (χ0) is 14.4. The maximum atomic E-state index is 6.58. The van der Waals surface area contributed by atoms with Gasteiger partial charge in [0.25, 0.3) is 0 Å². The molecule has 2 rings (SSSR count). The number of amidine groups is 1. The summed E-state index contributed by atoms with van der Waals surface area (Å²) >= 11 is 0.315. The average molecular weight is 338 g/mol. The van der Waals surface area contributed by atoms with Crippen LogP contribution in [-0.2, 0) is 5.54 Å². The Morgan fingerprint density at radius 3 is 2.75 bits per heavy atom. The zero-order valence-corrected chi connectivity index (χ0v) is 14.0. The molecule has 0 atom stereocenters. The summed E-state index contributed by atoms with van der Waals surface area (Å²) in [4.78, 5) is 4.55. The molecule has 1 aliphatic rings. The van der Waals surface area contributed by atoms with Gasteiger partial charge in [-0.2, -0.15) is 0 Å². The molecule has 4 heteroatoms. The van der Waals surface area contributed by atoms with E-state index in [2.05, 4.69) is 30.1 Å². The van der Waals surface area contributed by atoms with Gasteiger partial charge in [0.05, 0.1) is 0 Å². The summed E-state index contributed by atoms with van der Waals surface area (Å²) in [6.45, 7) is 2.18. The molecule has 1 fully saturated rings. The first-order valence-electron chi connectivity index (χ1n) is 7.50. The molecule has 110 valence electrons. The van der Waals surface area contributed by atoms with Gasteiger partial charge in [-0.25, -0.2) is 0 Å². The molecule has 0 aromatic heterocycles. The van der Waals surface area contributed by atoms with Crippen LogP contribution in [0.15, 0.2) is 29.3 Å². The molecule has 0 bridgehead atoms. The van der Waals surface area contributed by atoms with Crippen molar-refractivity contribution in [3.8, 4) is 0 Å². The second kappa shape index (κ2) is 7.26. The van der Waals surface area contributed by atoms with Gasteiger partial charge in [-0.05, 0) is 0 Å². The molecule has 0 spiro atoms. The van der Waals surface area contributed by atoms with Gasteiger partial charge in [-0.1, -0.05) is 0 Å². The summed E-state index contributed by atoms with van der Waals surface area (Å²) in [5, 5.41) is 1.16. The van der Waals surface area contributed by atoms with E-state index in [1.807, 2.05) is 6.07 Å². The number of hydrogen-bond acceptors (Lipinski definition) is 2. The zero-order valence-electron chi connectivity index (χ0n) is 12.3. The van der Waals surface area contributed by atoms with Gasteiger partial charge in [0, 0.05) is 0 Å². The van der Waals surface area contributed by atoms with Crippen LogP contribution in [0, 0.1) is 0 Å². The number of nitrogens with zero attached hydrogens (tertiary/aromatic N) is 1. The van der Waals surface area contributed by atoms with Crippen LogP contribution in [0.2, 0.25) is 5.32 Å². The van der Waals surface area contributed by atoms with Crippen LogP contribution in [0.3, 0.4) is 0 Å². The van der Waals surface area contributed by atoms with Crippen molar-refractivity contribution in [1.29, 1.82) is 0 Å². The van der Waals surface area contributed by atoms with Crippen LogP contribution >= 0.6 is 0 Å². The molecule has 0 unspecified atom stereocenters. The first-order chi connectivity index (χ1) is 9.64. The molecule has 0 radical (unpaired) electrons. The Bertz CT molecular complexity index is 465. The van der Waals surface area contributed by atoms with Gasteiger partial charge in [0.2, 0.25) is 0 Å². The summed E-state index contributed by atoms with van der Waals surface area (Å²) < 4.78 is 0.784. The number of nitrogens with two attached hydrogens (primary N) is 2. The van der Waals surface area contributed by atoms with Gasteiger partial charge in [-0.15, -0.1) is 0 Å². The van der Waals surface area contributed by atoms with Crippen molar-refractivity contribution in [2.75, 3.05) is 0 Å². The molecule has 0 saturated heterocycles. The third-order valence-electron chi connectivity index (χ3n) is 3.86. The minimum atomic E-state index is -0.160. The normalized spacial score (nSPS) is 19.0. The van der Waals surface area contributed by atoms with Crippen molar-refractivity contribution in [3.05, 3.63) is 29.8 Å².